The smallest absolute Gasteiger partial charge is 0.308 e. The SMILES string of the molecule is CC[C@H](C)C(=O)O[C@H]1C[C@@H](C)C=C2C=C[C@H](C)C(CC[C@H]3CC(=O)C[C@H](O)C3)[C@H]21. The quantitative estimate of drug-likeness (QED) is 0.645. The van der Waals surface area contributed by atoms with Crippen molar-refractivity contribution in [2.45, 2.75) is 84.8 Å². The van der Waals surface area contributed by atoms with Gasteiger partial charge in [-0.3, -0.25) is 9.59 Å². The highest BCUT2D eigenvalue weighted by Gasteiger charge is 2.42. The van der Waals surface area contributed by atoms with Gasteiger partial charge in [0.05, 0.1) is 12.0 Å². The maximum atomic E-state index is 12.6. The molecule has 0 amide bonds. The summed E-state index contributed by atoms with van der Waals surface area (Å²) in [6.07, 6.45) is 11.6. The van der Waals surface area contributed by atoms with Gasteiger partial charge in [0.2, 0.25) is 0 Å². The Kier molecular flexibility index (Phi) is 7.37. The number of rotatable bonds is 6. The Balaban J connectivity index is 1.74. The molecule has 3 aliphatic rings. The van der Waals surface area contributed by atoms with Crippen LogP contribution in [0.5, 0.6) is 0 Å². The first-order valence-corrected chi connectivity index (χ1v) is 11.6. The van der Waals surface area contributed by atoms with Gasteiger partial charge in [0, 0.05) is 18.8 Å². The number of esters is 1. The van der Waals surface area contributed by atoms with E-state index in [2.05, 4.69) is 32.1 Å². The lowest BCUT2D eigenvalue weighted by Crippen LogP contribution is -2.41. The topological polar surface area (TPSA) is 63.6 Å². The second-order valence-corrected chi connectivity index (χ2v) is 9.85. The van der Waals surface area contributed by atoms with Crippen LogP contribution in [0.25, 0.3) is 0 Å². The number of ether oxygens (including phenoxy) is 1. The molecule has 0 aromatic heterocycles. The third kappa shape index (κ3) is 5.39. The first-order valence-electron chi connectivity index (χ1n) is 11.6. The summed E-state index contributed by atoms with van der Waals surface area (Å²) in [4.78, 5) is 24.5. The number of Topliss-reactive ketones (excluding diaryl/α,β-unsaturated/α-hetero) is 1. The van der Waals surface area contributed by atoms with Crippen molar-refractivity contribution in [2.24, 2.45) is 35.5 Å². The van der Waals surface area contributed by atoms with Gasteiger partial charge in [-0.15, -0.1) is 0 Å². The molecular weight excluding hydrogens is 364 g/mol. The molecule has 0 spiro atoms. The Bertz CT molecular complexity index is 664. The summed E-state index contributed by atoms with van der Waals surface area (Å²) in [5.74, 6) is 1.79. The van der Waals surface area contributed by atoms with Crippen LogP contribution in [0.2, 0.25) is 0 Å². The highest BCUT2D eigenvalue weighted by atomic mass is 16.5. The van der Waals surface area contributed by atoms with Gasteiger partial charge in [0.25, 0.3) is 0 Å². The van der Waals surface area contributed by atoms with Crippen LogP contribution in [-0.2, 0) is 14.3 Å². The monoisotopic (exact) mass is 402 g/mol. The first kappa shape index (κ1) is 22.3. The minimum absolute atomic E-state index is 0.0654. The number of carbonyl (C=O) groups excluding carboxylic acids is 2. The Morgan fingerprint density at radius 3 is 2.69 bits per heavy atom. The zero-order chi connectivity index (χ0) is 21.1. The fraction of sp³-hybridized carbons (Fsp3) is 0.760. The van der Waals surface area contributed by atoms with Crippen molar-refractivity contribution >= 4 is 11.8 Å². The van der Waals surface area contributed by atoms with Crippen LogP contribution >= 0.6 is 0 Å². The van der Waals surface area contributed by atoms with Crippen molar-refractivity contribution in [1.82, 2.24) is 0 Å². The summed E-state index contributed by atoms with van der Waals surface area (Å²) in [5, 5.41) is 9.97. The highest BCUT2D eigenvalue weighted by molar-refractivity contribution is 5.79. The molecule has 0 heterocycles. The van der Waals surface area contributed by atoms with Gasteiger partial charge in [0.15, 0.2) is 0 Å². The highest BCUT2D eigenvalue weighted by Crippen LogP contribution is 2.45. The number of carbonyl (C=O) groups is 2. The predicted molar refractivity (Wildman–Crippen MR) is 114 cm³/mol. The van der Waals surface area contributed by atoms with E-state index in [0.29, 0.717) is 30.6 Å². The van der Waals surface area contributed by atoms with E-state index in [0.717, 1.165) is 32.1 Å². The molecule has 3 rings (SSSR count). The van der Waals surface area contributed by atoms with Crippen molar-refractivity contribution in [3.8, 4) is 0 Å². The molecule has 1 N–H and O–H groups in total. The van der Waals surface area contributed by atoms with Gasteiger partial charge in [-0.1, -0.05) is 45.9 Å². The lowest BCUT2D eigenvalue weighted by atomic mass is 9.64. The fourth-order valence-corrected chi connectivity index (χ4v) is 5.52. The molecular formula is C25H38O4. The first-order chi connectivity index (χ1) is 13.8. The van der Waals surface area contributed by atoms with Crippen LogP contribution in [0, 0.1) is 35.5 Å². The maximum absolute atomic E-state index is 12.6. The van der Waals surface area contributed by atoms with E-state index in [1.54, 1.807) is 0 Å². The van der Waals surface area contributed by atoms with E-state index >= 15 is 0 Å². The average molecular weight is 403 g/mol. The summed E-state index contributed by atoms with van der Waals surface area (Å²) >= 11 is 0. The standard InChI is InChI=1S/C25H38O4/c1-5-16(3)25(28)29-23-11-15(2)10-19-8-6-17(4)22(24(19)23)9-7-18-12-20(26)14-21(27)13-18/h6,8,10,15-18,20,22-24,26H,5,7,9,11-14H2,1-4H3/t15-,16-,17-,18+,20+,22?,23-,24-/m0/s1. The third-order valence-electron chi connectivity index (χ3n) is 7.37. The Morgan fingerprint density at radius 1 is 1.24 bits per heavy atom. The summed E-state index contributed by atoms with van der Waals surface area (Å²) in [7, 11) is 0. The number of ketones is 1. The molecule has 3 aliphatic carbocycles. The zero-order valence-electron chi connectivity index (χ0n) is 18.5. The molecule has 1 unspecified atom stereocenters. The summed E-state index contributed by atoms with van der Waals surface area (Å²) in [6, 6.07) is 0. The largest absolute Gasteiger partial charge is 0.461 e. The van der Waals surface area contributed by atoms with Crippen LogP contribution in [-0.4, -0.2) is 29.1 Å². The average Bonchev–Trinajstić information content (AvgIpc) is 2.65. The number of hydrogen-bond donors (Lipinski definition) is 1. The molecule has 0 radical (unpaired) electrons. The fourth-order valence-electron chi connectivity index (χ4n) is 5.52. The van der Waals surface area contributed by atoms with Gasteiger partial charge in [0.1, 0.15) is 11.9 Å². The van der Waals surface area contributed by atoms with Crippen molar-refractivity contribution in [1.29, 1.82) is 0 Å². The summed E-state index contributed by atoms with van der Waals surface area (Å²) in [6.45, 7) is 8.42. The molecule has 0 aliphatic heterocycles. The van der Waals surface area contributed by atoms with Crippen molar-refractivity contribution in [2.75, 3.05) is 0 Å². The van der Waals surface area contributed by atoms with Crippen LogP contribution in [0.3, 0.4) is 0 Å². The van der Waals surface area contributed by atoms with E-state index in [-0.39, 0.29) is 35.6 Å². The lowest BCUT2D eigenvalue weighted by molar-refractivity contribution is -0.158. The minimum Gasteiger partial charge on any atom is -0.461 e. The van der Waals surface area contributed by atoms with Gasteiger partial charge in [-0.2, -0.15) is 0 Å². The van der Waals surface area contributed by atoms with Crippen LogP contribution in [0.4, 0.5) is 0 Å². The van der Waals surface area contributed by atoms with Gasteiger partial charge in [-0.25, -0.2) is 0 Å². The number of allylic oxidation sites excluding steroid dienone is 3. The third-order valence-corrected chi connectivity index (χ3v) is 7.37. The molecule has 8 atom stereocenters. The molecule has 1 fully saturated rings. The summed E-state index contributed by atoms with van der Waals surface area (Å²) in [5.41, 5.74) is 1.31. The molecule has 0 aromatic carbocycles. The summed E-state index contributed by atoms with van der Waals surface area (Å²) < 4.78 is 6.08. The Hall–Kier alpha value is -1.42. The lowest BCUT2D eigenvalue weighted by Gasteiger charge is -2.43. The normalized spacial score (nSPS) is 38.2. The number of hydrogen-bond acceptors (Lipinski definition) is 4. The van der Waals surface area contributed by atoms with Crippen LogP contribution < -0.4 is 0 Å². The van der Waals surface area contributed by atoms with E-state index < -0.39 is 6.10 Å². The molecule has 0 aromatic rings. The van der Waals surface area contributed by atoms with E-state index in [1.807, 2.05) is 13.8 Å². The molecule has 162 valence electrons. The molecule has 0 saturated heterocycles. The Labute approximate surface area is 175 Å². The second-order valence-electron chi connectivity index (χ2n) is 9.85. The van der Waals surface area contributed by atoms with Crippen molar-refractivity contribution in [3.63, 3.8) is 0 Å². The Morgan fingerprint density at radius 2 is 2.00 bits per heavy atom. The van der Waals surface area contributed by atoms with Gasteiger partial charge < -0.3 is 9.84 Å². The van der Waals surface area contributed by atoms with Crippen LogP contribution in [0.15, 0.2) is 23.8 Å². The van der Waals surface area contributed by atoms with Gasteiger partial charge in [-0.05, 0) is 61.3 Å². The second kappa shape index (κ2) is 9.59. The van der Waals surface area contributed by atoms with E-state index in [1.165, 1.54) is 5.57 Å². The number of aliphatic hydroxyl groups excluding tert-OH is 1. The van der Waals surface area contributed by atoms with E-state index in [9.17, 15) is 14.7 Å². The van der Waals surface area contributed by atoms with Gasteiger partial charge >= 0.3 is 5.97 Å². The number of fused-ring (bicyclic) bond motifs is 1. The van der Waals surface area contributed by atoms with Crippen molar-refractivity contribution < 1.29 is 19.4 Å². The molecule has 1 saturated carbocycles. The molecule has 29 heavy (non-hydrogen) atoms. The van der Waals surface area contributed by atoms with E-state index in [4.69, 9.17) is 4.74 Å². The molecule has 4 nitrogen and oxygen atoms in total. The van der Waals surface area contributed by atoms with Crippen molar-refractivity contribution in [3.05, 3.63) is 23.8 Å². The van der Waals surface area contributed by atoms with Crippen LogP contribution in [0.1, 0.15) is 72.6 Å². The minimum atomic E-state index is -0.472. The predicted octanol–water partition coefficient (Wildman–Crippen LogP) is 4.86. The number of aliphatic hydroxyl groups is 1. The zero-order valence-corrected chi connectivity index (χ0v) is 18.5. The maximum Gasteiger partial charge on any atom is 0.308 e. The molecule has 0 bridgehead atoms. The molecule has 4 heteroatoms.